The molecule has 1 aromatic rings. The highest BCUT2D eigenvalue weighted by Gasteiger charge is 2.50. The number of unbranched alkanes of at least 4 members (excludes halogenated alkanes) is 1. The van der Waals surface area contributed by atoms with E-state index in [1.807, 2.05) is 49.4 Å². The van der Waals surface area contributed by atoms with Crippen molar-refractivity contribution in [2.24, 2.45) is 11.8 Å². The number of aliphatic hydroxyl groups is 3. The van der Waals surface area contributed by atoms with Crippen molar-refractivity contribution in [1.82, 2.24) is 0 Å². The second-order valence-corrected chi connectivity index (χ2v) is 8.00. The molecule has 2 rings (SSSR count). The highest BCUT2D eigenvalue weighted by Crippen LogP contribution is 2.45. The van der Waals surface area contributed by atoms with Crippen LogP contribution in [0.15, 0.2) is 42.5 Å². The van der Waals surface area contributed by atoms with E-state index in [1.54, 1.807) is 0 Å². The number of carboxylic acid groups (broad SMARTS) is 1. The Morgan fingerprint density at radius 3 is 2.54 bits per heavy atom. The Morgan fingerprint density at radius 2 is 1.89 bits per heavy atom. The van der Waals surface area contributed by atoms with Crippen molar-refractivity contribution in [2.75, 3.05) is 0 Å². The van der Waals surface area contributed by atoms with E-state index in [4.69, 9.17) is 5.11 Å². The number of rotatable bonds is 11. The molecule has 0 radical (unpaired) electrons. The maximum absolute atomic E-state index is 11.4. The van der Waals surface area contributed by atoms with Crippen molar-refractivity contribution >= 4 is 5.97 Å². The first kappa shape index (κ1) is 22.6. The van der Waals surface area contributed by atoms with Gasteiger partial charge in [0.1, 0.15) is 0 Å². The number of hydrogen-bond acceptors (Lipinski definition) is 4. The van der Waals surface area contributed by atoms with Crippen LogP contribution >= 0.6 is 0 Å². The second kappa shape index (κ2) is 10.7. The largest absolute Gasteiger partial charge is 0.481 e. The van der Waals surface area contributed by atoms with E-state index in [0.29, 0.717) is 32.1 Å². The van der Waals surface area contributed by atoms with E-state index in [9.17, 15) is 20.1 Å². The number of aryl methyl sites for hydroxylation is 1. The Balaban J connectivity index is 2.01. The molecule has 0 heterocycles. The van der Waals surface area contributed by atoms with Gasteiger partial charge in [0.15, 0.2) is 0 Å². The van der Waals surface area contributed by atoms with Gasteiger partial charge in [-0.25, -0.2) is 0 Å². The van der Waals surface area contributed by atoms with Gasteiger partial charge in [-0.05, 0) is 56.4 Å². The van der Waals surface area contributed by atoms with E-state index in [2.05, 4.69) is 0 Å². The summed E-state index contributed by atoms with van der Waals surface area (Å²) in [6, 6.07) is 9.99. The summed E-state index contributed by atoms with van der Waals surface area (Å²) in [6.07, 6.45) is 6.58. The predicted octanol–water partition coefficient (Wildman–Crippen LogP) is 3.32. The first-order valence-corrected chi connectivity index (χ1v) is 10.4. The number of aliphatic hydroxyl groups excluding tert-OH is 2. The fourth-order valence-electron chi connectivity index (χ4n) is 4.48. The normalized spacial score (nSPS) is 27.1. The maximum Gasteiger partial charge on any atom is 0.303 e. The molecule has 28 heavy (non-hydrogen) atoms. The second-order valence-electron chi connectivity index (χ2n) is 8.00. The first-order valence-electron chi connectivity index (χ1n) is 10.4. The van der Waals surface area contributed by atoms with Crippen molar-refractivity contribution in [3.8, 4) is 0 Å². The number of carbonyl (C=O) groups is 1. The van der Waals surface area contributed by atoms with E-state index in [0.717, 1.165) is 12.0 Å². The molecular formula is C23H34O5. The fraction of sp³-hybridized carbons (Fsp3) is 0.609. The van der Waals surface area contributed by atoms with Crippen molar-refractivity contribution in [3.05, 3.63) is 48.0 Å². The molecule has 5 atom stereocenters. The Hall–Kier alpha value is -1.69. The molecular weight excluding hydrogens is 356 g/mol. The lowest BCUT2D eigenvalue weighted by molar-refractivity contribution is -0.137. The zero-order valence-electron chi connectivity index (χ0n) is 16.7. The topological polar surface area (TPSA) is 98.0 Å². The molecule has 0 aliphatic heterocycles. The summed E-state index contributed by atoms with van der Waals surface area (Å²) in [4.78, 5) is 10.6. The molecule has 1 fully saturated rings. The number of allylic oxidation sites excluding steroid dienone is 2. The van der Waals surface area contributed by atoms with Crippen LogP contribution in [0.25, 0.3) is 0 Å². The third-order valence-corrected chi connectivity index (χ3v) is 6.11. The van der Waals surface area contributed by atoms with Gasteiger partial charge in [-0.1, -0.05) is 49.4 Å². The number of aliphatic carboxylic acids is 1. The summed E-state index contributed by atoms with van der Waals surface area (Å²) in [5.41, 5.74) is 0.117. The number of hydrogen-bond donors (Lipinski definition) is 4. The van der Waals surface area contributed by atoms with Gasteiger partial charge in [-0.15, -0.1) is 0 Å². The van der Waals surface area contributed by atoms with Gasteiger partial charge in [0.05, 0.1) is 17.8 Å². The summed E-state index contributed by atoms with van der Waals surface area (Å²) in [5, 5.41) is 41.1. The van der Waals surface area contributed by atoms with Gasteiger partial charge in [-0.2, -0.15) is 0 Å². The van der Waals surface area contributed by atoms with E-state index < -0.39 is 23.8 Å². The average Bonchev–Trinajstić information content (AvgIpc) is 2.97. The van der Waals surface area contributed by atoms with Crippen LogP contribution in [0, 0.1) is 11.8 Å². The number of benzene rings is 1. The lowest BCUT2D eigenvalue weighted by Crippen LogP contribution is -2.45. The summed E-state index contributed by atoms with van der Waals surface area (Å²) >= 11 is 0. The Bertz CT molecular complexity index is 629. The molecule has 0 amide bonds. The van der Waals surface area contributed by atoms with E-state index in [-0.39, 0.29) is 24.7 Å². The minimum atomic E-state index is -1.03. The third-order valence-electron chi connectivity index (χ3n) is 6.11. The monoisotopic (exact) mass is 390 g/mol. The van der Waals surface area contributed by atoms with Gasteiger partial charge in [0, 0.05) is 12.3 Å². The van der Waals surface area contributed by atoms with Gasteiger partial charge in [0.25, 0.3) is 0 Å². The minimum absolute atomic E-state index is 0.146. The molecule has 0 unspecified atom stereocenters. The summed E-state index contributed by atoms with van der Waals surface area (Å²) < 4.78 is 0. The molecule has 1 aromatic carbocycles. The van der Waals surface area contributed by atoms with Crippen LogP contribution in [0.3, 0.4) is 0 Å². The molecule has 0 saturated heterocycles. The SMILES string of the molecule is CC[C@](O)(CCc1ccccc1)[C@@H]1[C@@H](C/C=C\CCCC(=O)O)[C@H](O)C[C@H]1O. The Morgan fingerprint density at radius 1 is 1.18 bits per heavy atom. The molecule has 156 valence electrons. The van der Waals surface area contributed by atoms with E-state index in [1.165, 1.54) is 0 Å². The minimum Gasteiger partial charge on any atom is -0.481 e. The first-order chi connectivity index (χ1) is 13.4. The quantitative estimate of drug-likeness (QED) is 0.343. The molecule has 5 nitrogen and oxygen atoms in total. The predicted molar refractivity (Wildman–Crippen MR) is 109 cm³/mol. The zero-order chi connectivity index (χ0) is 20.6. The Kier molecular flexibility index (Phi) is 8.67. The zero-order valence-corrected chi connectivity index (χ0v) is 16.7. The highest BCUT2D eigenvalue weighted by atomic mass is 16.4. The van der Waals surface area contributed by atoms with Crippen LogP contribution in [0.5, 0.6) is 0 Å². The maximum atomic E-state index is 11.4. The van der Waals surface area contributed by atoms with Crippen molar-refractivity contribution in [2.45, 2.75) is 76.1 Å². The molecule has 1 saturated carbocycles. The summed E-state index contributed by atoms with van der Waals surface area (Å²) in [7, 11) is 0. The number of carboxylic acids is 1. The fourth-order valence-corrected chi connectivity index (χ4v) is 4.48. The van der Waals surface area contributed by atoms with Gasteiger partial charge < -0.3 is 20.4 Å². The van der Waals surface area contributed by atoms with Crippen molar-refractivity contribution < 1.29 is 25.2 Å². The van der Waals surface area contributed by atoms with Crippen molar-refractivity contribution in [3.63, 3.8) is 0 Å². The van der Waals surface area contributed by atoms with Crippen LogP contribution in [-0.2, 0) is 11.2 Å². The molecule has 4 N–H and O–H groups in total. The van der Waals surface area contributed by atoms with Crippen LogP contribution in [-0.4, -0.2) is 44.2 Å². The third kappa shape index (κ3) is 6.16. The van der Waals surface area contributed by atoms with Crippen LogP contribution in [0.1, 0.15) is 57.4 Å². The Labute approximate surface area is 167 Å². The average molecular weight is 391 g/mol. The highest BCUT2D eigenvalue weighted by molar-refractivity contribution is 5.66. The van der Waals surface area contributed by atoms with Gasteiger partial charge in [0.2, 0.25) is 0 Å². The van der Waals surface area contributed by atoms with E-state index >= 15 is 0 Å². The van der Waals surface area contributed by atoms with Crippen LogP contribution < -0.4 is 0 Å². The summed E-state index contributed by atoms with van der Waals surface area (Å²) in [6.45, 7) is 1.93. The molecule has 0 bridgehead atoms. The van der Waals surface area contributed by atoms with Crippen LogP contribution in [0.4, 0.5) is 0 Å². The molecule has 1 aliphatic rings. The van der Waals surface area contributed by atoms with Gasteiger partial charge >= 0.3 is 5.97 Å². The van der Waals surface area contributed by atoms with Gasteiger partial charge in [-0.3, -0.25) is 4.79 Å². The summed E-state index contributed by atoms with van der Waals surface area (Å²) in [5.74, 6) is -1.37. The van der Waals surface area contributed by atoms with Crippen molar-refractivity contribution in [1.29, 1.82) is 0 Å². The molecule has 5 heteroatoms. The van der Waals surface area contributed by atoms with Crippen LogP contribution in [0.2, 0.25) is 0 Å². The lowest BCUT2D eigenvalue weighted by Gasteiger charge is -2.39. The standard InChI is InChI=1S/C23H34O5/c1-2-23(28,15-14-17-10-6-5-7-11-17)22-18(19(24)16-20(22)25)12-8-3-4-9-13-21(26)27/h3,5-8,10-11,18-20,22,24-25,28H,2,4,9,12-16H2,1H3,(H,26,27)/b8-3-/t18-,19+,20+,22+,23-/m0/s1. The molecule has 1 aliphatic carbocycles. The molecule has 0 aromatic heterocycles. The smallest absolute Gasteiger partial charge is 0.303 e. The lowest BCUT2D eigenvalue weighted by atomic mass is 9.73. The molecule has 0 spiro atoms.